The number of nitrogens with zero attached hydrogens (tertiary/aromatic N) is 3. The number of aromatic nitrogens is 2. The summed E-state index contributed by atoms with van der Waals surface area (Å²) in [5.74, 6) is -0.210. The predicted molar refractivity (Wildman–Crippen MR) is 73.1 cm³/mol. The van der Waals surface area contributed by atoms with E-state index < -0.39 is 17.6 Å². The number of alkyl halides is 3. The molecule has 22 heavy (non-hydrogen) atoms. The minimum atomic E-state index is -4.45. The van der Waals surface area contributed by atoms with Gasteiger partial charge in [-0.2, -0.15) is 18.3 Å². The first-order chi connectivity index (χ1) is 10.2. The van der Waals surface area contributed by atoms with Gasteiger partial charge in [0.05, 0.1) is 24.6 Å². The zero-order valence-corrected chi connectivity index (χ0v) is 12.2. The zero-order chi connectivity index (χ0) is 16.5. The fourth-order valence-corrected chi connectivity index (χ4v) is 1.82. The highest BCUT2D eigenvalue weighted by atomic mass is 19.4. The van der Waals surface area contributed by atoms with Crippen molar-refractivity contribution in [3.8, 4) is 11.4 Å². The maximum atomic E-state index is 12.8. The van der Waals surface area contributed by atoms with Crippen molar-refractivity contribution >= 4 is 5.91 Å². The average molecular weight is 313 g/mol. The Bertz CT molecular complexity index is 693. The second-order valence-corrected chi connectivity index (χ2v) is 4.74. The number of benzene rings is 1. The molecule has 0 spiro atoms. The summed E-state index contributed by atoms with van der Waals surface area (Å²) >= 11 is 0. The van der Waals surface area contributed by atoms with E-state index in [-0.39, 0.29) is 17.1 Å². The molecular weight excluding hydrogens is 299 g/mol. The molecule has 5 nitrogen and oxygen atoms in total. The lowest BCUT2D eigenvalue weighted by atomic mass is 10.2. The van der Waals surface area contributed by atoms with Crippen LogP contribution in [-0.4, -0.2) is 41.8 Å². The minimum Gasteiger partial charge on any atom is -0.493 e. The molecular formula is C14H14F3N3O2. The van der Waals surface area contributed by atoms with Crippen molar-refractivity contribution in [3.63, 3.8) is 0 Å². The van der Waals surface area contributed by atoms with Gasteiger partial charge in [-0.3, -0.25) is 4.79 Å². The summed E-state index contributed by atoms with van der Waals surface area (Å²) in [5.41, 5.74) is -0.573. The van der Waals surface area contributed by atoms with Gasteiger partial charge in [0.15, 0.2) is 11.4 Å². The Morgan fingerprint density at radius 3 is 2.55 bits per heavy atom. The molecule has 0 fully saturated rings. The summed E-state index contributed by atoms with van der Waals surface area (Å²) in [6, 6.07) is 4.66. The van der Waals surface area contributed by atoms with Gasteiger partial charge in [-0.1, -0.05) is 6.07 Å². The van der Waals surface area contributed by atoms with Gasteiger partial charge >= 0.3 is 6.18 Å². The molecule has 0 saturated carbocycles. The number of methoxy groups -OCH3 is 1. The number of amides is 1. The smallest absolute Gasteiger partial charge is 0.416 e. The molecule has 1 aromatic carbocycles. The van der Waals surface area contributed by atoms with E-state index in [0.29, 0.717) is 0 Å². The number of rotatable bonds is 3. The van der Waals surface area contributed by atoms with E-state index in [4.69, 9.17) is 4.74 Å². The largest absolute Gasteiger partial charge is 0.493 e. The third-order valence-corrected chi connectivity index (χ3v) is 2.95. The van der Waals surface area contributed by atoms with E-state index in [9.17, 15) is 18.0 Å². The Morgan fingerprint density at radius 2 is 2.00 bits per heavy atom. The molecule has 1 aromatic heterocycles. The van der Waals surface area contributed by atoms with E-state index in [1.54, 1.807) is 14.1 Å². The molecule has 8 heteroatoms. The van der Waals surface area contributed by atoms with Gasteiger partial charge in [-0.05, 0) is 18.2 Å². The van der Waals surface area contributed by atoms with Gasteiger partial charge < -0.3 is 9.64 Å². The number of halogens is 3. The number of carbonyl (C=O) groups is 1. The molecule has 1 amide bonds. The van der Waals surface area contributed by atoms with Crippen LogP contribution < -0.4 is 4.74 Å². The fraction of sp³-hybridized carbons (Fsp3) is 0.286. The standard InChI is InChI=1S/C14H14F3N3O2/c1-19(2)13(21)12-11(22-3)8-20(18-12)10-6-4-5-9(7-10)14(15,16)17/h4-8H,1-3H3. The van der Waals surface area contributed by atoms with Gasteiger partial charge in [-0.15, -0.1) is 0 Å². The van der Waals surface area contributed by atoms with E-state index >= 15 is 0 Å². The Labute approximate surface area is 124 Å². The fourth-order valence-electron chi connectivity index (χ4n) is 1.82. The van der Waals surface area contributed by atoms with Crippen LogP contribution in [0.4, 0.5) is 13.2 Å². The van der Waals surface area contributed by atoms with Crippen LogP contribution in [0.3, 0.4) is 0 Å². The zero-order valence-electron chi connectivity index (χ0n) is 12.2. The molecule has 2 rings (SSSR count). The highest BCUT2D eigenvalue weighted by Crippen LogP contribution is 2.30. The Kier molecular flexibility index (Phi) is 4.11. The molecule has 0 atom stereocenters. The quantitative estimate of drug-likeness (QED) is 0.875. The van der Waals surface area contributed by atoms with E-state index in [1.165, 1.54) is 35.0 Å². The first-order valence-electron chi connectivity index (χ1n) is 6.27. The van der Waals surface area contributed by atoms with Crippen molar-refractivity contribution in [2.75, 3.05) is 21.2 Å². The van der Waals surface area contributed by atoms with Crippen molar-refractivity contribution < 1.29 is 22.7 Å². The third kappa shape index (κ3) is 3.05. The number of hydrogen-bond acceptors (Lipinski definition) is 3. The monoisotopic (exact) mass is 313 g/mol. The summed E-state index contributed by atoms with van der Waals surface area (Å²) in [6.45, 7) is 0. The number of hydrogen-bond donors (Lipinski definition) is 0. The third-order valence-electron chi connectivity index (χ3n) is 2.95. The second-order valence-electron chi connectivity index (χ2n) is 4.74. The molecule has 0 radical (unpaired) electrons. The summed E-state index contributed by atoms with van der Waals surface area (Å²) in [4.78, 5) is 13.3. The lowest BCUT2D eigenvalue weighted by molar-refractivity contribution is -0.137. The van der Waals surface area contributed by atoms with Gasteiger partial charge in [0.1, 0.15) is 0 Å². The molecule has 0 aliphatic carbocycles. The van der Waals surface area contributed by atoms with Gasteiger partial charge in [-0.25, -0.2) is 4.68 Å². The summed E-state index contributed by atoms with van der Waals surface area (Å²) < 4.78 is 44.5. The Morgan fingerprint density at radius 1 is 1.32 bits per heavy atom. The van der Waals surface area contributed by atoms with E-state index in [0.717, 1.165) is 12.1 Å². The molecule has 1 heterocycles. The summed E-state index contributed by atoms with van der Waals surface area (Å²) in [6.07, 6.45) is -3.08. The normalized spacial score (nSPS) is 11.4. The van der Waals surface area contributed by atoms with E-state index in [1.807, 2.05) is 0 Å². The van der Waals surface area contributed by atoms with Crippen molar-refractivity contribution in [1.29, 1.82) is 0 Å². The van der Waals surface area contributed by atoms with Crippen molar-refractivity contribution in [1.82, 2.24) is 14.7 Å². The van der Waals surface area contributed by atoms with Crippen LogP contribution in [0.15, 0.2) is 30.5 Å². The first-order valence-corrected chi connectivity index (χ1v) is 6.27. The van der Waals surface area contributed by atoms with Crippen molar-refractivity contribution in [3.05, 3.63) is 41.7 Å². The second kappa shape index (κ2) is 5.70. The molecule has 0 aliphatic heterocycles. The first kappa shape index (κ1) is 15.9. The maximum Gasteiger partial charge on any atom is 0.416 e. The van der Waals surface area contributed by atoms with Crippen LogP contribution in [0.2, 0.25) is 0 Å². The van der Waals surface area contributed by atoms with Gasteiger partial charge in [0.2, 0.25) is 0 Å². The number of carbonyl (C=O) groups excluding carboxylic acids is 1. The molecule has 0 bridgehead atoms. The van der Waals surface area contributed by atoms with Gasteiger partial charge in [0, 0.05) is 14.1 Å². The van der Waals surface area contributed by atoms with Crippen LogP contribution in [-0.2, 0) is 6.18 Å². The SMILES string of the molecule is COc1cn(-c2cccc(C(F)(F)F)c2)nc1C(=O)N(C)C. The van der Waals surface area contributed by atoms with Crippen LogP contribution in [0.1, 0.15) is 16.1 Å². The summed E-state index contributed by atoms with van der Waals surface area (Å²) in [5, 5.41) is 4.03. The molecule has 0 saturated heterocycles. The molecule has 2 aromatic rings. The maximum absolute atomic E-state index is 12.8. The van der Waals surface area contributed by atoms with Crippen LogP contribution in [0, 0.1) is 0 Å². The van der Waals surface area contributed by atoms with E-state index in [2.05, 4.69) is 5.10 Å². The lowest BCUT2D eigenvalue weighted by Gasteiger charge is -2.09. The minimum absolute atomic E-state index is 0.0323. The average Bonchev–Trinajstić information content (AvgIpc) is 2.89. The van der Waals surface area contributed by atoms with Crippen molar-refractivity contribution in [2.45, 2.75) is 6.18 Å². The van der Waals surface area contributed by atoms with Crippen LogP contribution >= 0.6 is 0 Å². The highest BCUT2D eigenvalue weighted by molar-refractivity contribution is 5.94. The Balaban J connectivity index is 2.48. The van der Waals surface area contributed by atoms with Gasteiger partial charge in [0.25, 0.3) is 5.91 Å². The summed E-state index contributed by atoms with van der Waals surface area (Å²) in [7, 11) is 4.45. The predicted octanol–water partition coefficient (Wildman–Crippen LogP) is 2.60. The topological polar surface area (TPSA) is 47.4 Å². The molecule has 0 unspecified atom stereocenters. The molecule has 0 aliphatic rings. The molecule has 118 valence electrons. The number of ether oxygens (including phenoxy) is 1. The lowest BCUT2D eigenvalue weighted by Crippen LogP contribution is -2.22. The van der Waals surface area contributed by atoms with Crippen LogP contribution in [0.5, 0.6) is 5.75 Å². The Hall–Kier alpha value is -2.51. The van der Waals surface area contributed by atoms with Crippen LogP contribution in [0.25, 0.3) is 5.69 Å². The highest BCUT2D eigenvalue weighted by Gasteiger charge is 2.30. The van der Waals surface area contributed by atoms with Crippen molar-refractivity contribution in [2.24, 2.45) is 0 Å². The molecule has 0 N–H and O–H groups in total.